The third kappa shape index (κ3) is 12.1. The number of aliphatic hydroxyl groups is 1. The number of nitrogens with one attached hydrogen (secondary N) is 3. The van der Waals surface area contributed by atoms with E-state index in [9.17, 15) is 39.6 Å². The highest BCUT2D eigenvalue weighted by atomic mass is 35.5. The van der Waals surface area contributed by atoms with E-state index >= 15 is 0 Å². The molecule has 0 radical (unpaired) electrons. The summed E-state index contributed by atoms with van der Waals surface area (Å²) in [4.78, 5) is 54.7. The first-order valence-corrected chi connectivity index (χ1v) is 21.5. The molecule has 3 aromatic rings. The van der Waals surface area contributed by atoms with Crippen LogP contribution < -0.4 is 30.9 Å². The van der Waals surface area contributed by atoms with Crippen molar-refractivity contribution >= 4 is 47.8 Å². The number of unbranched alkanes of at least 4 members (excludes halogenated alkanes) is 1. The summed E-state index contributed by atoms with van der Waals surface area (Å²) in [5, 5.41) is 47.4. The van der Waals surface area contributed by atoms with Crippen molar-refractivity contribution in [2.24, 2.45) is 16.2 Å². The molecule has 1 aliphatic heterocycles. The molecule has 0 bridgehead atoms. The molecule has 63 heavy (non-hydrogen) atoms. The second kappa shape index (κ2) is 20.6. The first-order valence-electron chi connectivity index (χ1n) is 21.1. The normalized spacial score (nSPS) is 20.4. The average molecular weight is 888 g/mol. The molecule has 15 nitrogen and oxygen atoms in total. The molecule has 1 heterocycles. The van der Waals surface area contributed by atoms with Gasteiger partial charge in [0.05, 0.1) is 23.3 Å². The topological polar surface area (TPSA) is 220 Å². The fraction of sp³-hybridized carbons (Fsp3) is 0.500. The lowest BCUT2D eigenvalue weighted by Crippen LogP contribution is -2.74. The maximum absolute atomic E-state index is 13.9. The first-order chi connectivity index (χ1) is 29.6. The van der Waals surface area contributed by atoms with Gasteiger partial charge in [0.25, 0.3) is 5.91 Å². The minimum absolute atomic E-state index is 0.0449. The summed E-state index contributed by atoms with van der Waals surface area (Å²) in [6, 6.07) is 18.2. The Hall–Kier alpha value is -5.18. The minimum Gasteiger partial charge on any atom is -0.494 e. The highest BCUT2D eigenvalue weighted by molar-refractivity contribution is 6.58. The number of carbonyl (C=O) groups excluding carboxylic acids is 4. The Bertz CT molecular complexity index is 2120. The van der Waals surface area contributed by atoms with Crippen LogP contribution in [0.1, 0.15) is 89.2 Å². The van der Waals surface area contributed by atoms with Gasteiger partial charge in [-0.1, -0.05) is 84.3 Å². The predicted molar refractivity (Wildman–Crippen MR) is 237 cm³/mol. The molecule has 0 aromatic heterocycles. The van der Waals surface area contributed by atoms with E-state index in [0.717, 1.165) is 0 Å². The predicted octanol–water partition coefficient (Wildman–Crippen LogP) is 3.49. The number of amides is 4. The van der Waals surface area contributed by atoms with E-state index in [0.29, 0.717) is 58.1 Å². The standard InChI is InChI=1S/C46H59BClN5O10/c1-44(2,3)38(41(58)53-26-32(54)22-36(53)40(57)50-25-28-10-15-31(16-11-28)47(59)60)51-37(55)27-61-20-8-9-21-62-33-17-12-29(13-18-33)39(56)52-42-45(4,5)43(46(42,6)7)63-34-19-14-30(24-49)35(48)23-34/h10-19,23,32,36,38,42-43,54,59-60H,8-9,20-22,25-27H2,1-7H3,(H,50,57)(H,51,55)(H,52,56)/t32-,36+,38-,42?,43?/m1/s1. The van der Waals surface area contributed by atoms with E-state index in [1.807, 2.05) is 33.8 Å². The van der Waals surface area contributed by atoms with Crippen LogP contribution in [0.25, 0.3) is 0 Å². The third-order valence-electron chi connectivity index (χ3n) is 11.8. The molecule has 5 rings (SSSR count). The molecule has 4 amide bonds. The second-order valence-electron chi connectivity index (χ2n) is 18.5. The molecule has 0 unspecified atom stereocenters. The van der Waals surface area contributed by atoms with Gasteiger partial charge in [-0.15, -0.1) is 0 Å². The van der Waals surface area contributed by atoms with Gasteiger partial charge in [0.15, 0.2) is 0 Å². The summed E-state index contributed by atoms with van der Waals surface area (Å²) < 4.78 is 17.8. The van der Waals surface area contributed by atoms with Crippen molar-refractivity contribution < 1.29 is 48.5 Å². The lowest BCUT2D eigenvalue weighted by molar-refractivity contribution is -0.164. The van der Waals surface area contributed by atoms with Gasteiger partial charge in [0.2, 0.25) is 17.7 Å². The number of likely N-dealkylation sites (tertiary alicyclic amines) is 1. The molecule has 0 spiro atoms. The number of nitrogens with zero attached hydrogens (tertiary/aromatic N) is 2. The molecule has 338 valence electrons. The Morgan fingerprint density at radius 3 is 2.19 bits per heavy atom. The number of benzene rings is 3. The van der Waals surface area contributed by atoms with E-state index in [4.69, 9.17) is 25.8 Å². The minimum atomic E-state index is -1.61. The van der Waals surface area contributed by atoms with Crippen LogP contribution in [0.5, 0.6) is 11.5 Å². The van der Waals surface area contributed by atoms with Crippen LogP contribution in [0.3, 0.4) is 0 Å². The summed E-state index contributed by atoms with van der Waals surface area (Å²) >= 11 is 6.22. The van der Waals surface area contributed by atoms with Crippen LogP contribution in [0.15, 0.2) is 66.7 Å². The number of ether oxygens (including phenoxy) is 3. The van der Waals surface area contributed by atoms with Crippen LogP contribution in [0.4, 0.5) is 0 Å². The van der Waals surface area contributed by atoms with Crippen molar-refractivity contribution in [2.75, 3.05) is 26.4 Å². The molecule has 1 saturated carbocycles. The van der Waals surface area contributed by atoms with Crippen LogP contribution in [0.2, 0.25) is 5.02 Å². The number of carbonyl (C=O) groups is 4. The molecule has 2 fully saturated rings. The summed E-state index contributed by atoms with van der Waals surface area (Å²) in [7, 11) is -1.61. The van der Waals surface area contributed by atoms with Crippen molar-refractivity contribution in [3.05, 3.63) is 88.4 Å². The highest BCUT2D eigenvalue weighted by Crippen LogP contribution is 2.55. The second-order valence-corrected chi connectivity index (χ2v) is 18.9. The van der Waals surface area contributed by atoms with Gasteiger partial charge in [-0.25, -0.2) is 0 Å². The SMILES string of the molecule is CC1(C)C(NC(=O)c2ccc(OCCCCOCC(=O)N[C@H](C(=O)N3C[C@H](O)C[C@H]3C(=O)NCc3ccc(B(O)O)cc3)C(C)(C)C)cc2)C(C)(C)C1Oc1ccc(C#N)c(Cl)c1. The monoisotopic (exact) mass is 887 g/mol. The van der Waals surface area contributed by atoms with Gasteiger partial charge in [0.1, 0.15) is 42.4 Å². The zero-order valence-corrected chi connectivity index (χ0v) is 37.7. The zero-order chi connectivity index (χ0) is 46.3. The third-order valence-corrected chi connectivity index (χ3v) is 12.1. The molecule has 3 atom stereocenters. The maximum Gasteiger partial charge on any atom is 0.488 e. The Balaban J connectivity index is 1.01. The van der Waals surface area contributed by atoms with Gasteiger partial charge in [-0.05, 0) is 65.7 Å². The first kappa shape index (κ1) is 48.9. The van der Waals surface area contributed by atoms with E-state index in [1.165, 1.54) is 17.0 Å². The molecule has 1 aliphatic carbocycles. The molecular weight excluding hydrogens is 829 g/mol. The Kier molecular flexibility index (Phi) is 15.9. The number of aliphatic hydroxyl groups excluding tert-OH is 1. The quantitative estimate of drug-likeness (QED) is 0.0803. The van der Waals surface area contributed by atoms with Crippen molar-refractivity contribution in [1.29, 1.82) is 5.26 Å². The lowest BCUT2D eigenvalue weighted by atomic mass is 9.49. The highest BCUT2D eigenvalue weighted by Gasteiger charge is 2.64. The van der Waals surface area contributed by atoms with Gasteiger partial charge < -0.3 is 50.2 Å². The smallest absolute Gasteiger partial charge is 0.488 e. The van der Waals surface area contributed by atoms with Crippen LogP contribution in [-0.2, 0) is 25.7 Å². The van der Waals surface area contributed by atoms with Crippen molar-refractivity contribution in [1.82, 2.24) is 20.9 Å². The summed E-state index contributed by atoms with van der Waals surface area (Å²) in [5.41, 5.74) is 0.348. The molecule has 6 N–H and O–H groups in total. The average Bonchev–Trinajstić information content (AvgIpc) is 3.63. The lowest BCUT2D eigenvalue weighted by Gasteiger charge is -2.63. The number of hydrogen-bond acceptors (Lipinski definition) is 11. The zero-order valence-electron chi connectivity index (χ0n) is 36.9. The fourth-order valence-electron chi connectivity index (χ4n) is 8.61. The fourth-order valence-corrected chi connectivity index (χ4v) is 8.82. The largest absolute Gasteiger partial charge is 0.494 e. The molecule has 3 aromatic carbocycles. The molecule has 17 heteroatoms. The van der Waals surface area contributed by atoms with Crippen LogP contribution in [-0.4, -0.2) is 108 Å². The molecular formula is C46H59BClN5O10. The summed E-state index contributed by atoms with van der Waals surface area (Å²) in [6.07, 6.45) is 0.137. The van der Waals surface area contributed by atoms with E-state index in [-0.39, 0.29) is 50.8 Å². The van der Waals surface area contributed by atoms with Gasteiger partial charge in [-0.2, -0.15) is 5.26 Å². The van der Waals surface area contributed by atoms with Crippen LogP contribution >= 0.6 is 11.6 Å². The van der Waals surface area contributed by atoms with Crippen molar-refractivity contribution in [2.45, 2.75) is 105 Å². The number of nitriles is 1. The summed E-state index contributed by atoms with van der Waals surface area (Å²) in [6.45, 7) is 14.0. The van der Waals surface area contributed by atoms with Gasteiger partial charge in [-0.3, -0.25) is 19.2 Å². The van der Waals surface area contributed by atoms with E-state index in [2.05, 4.69) is 16.0 Å². The Labute approximate surface area is 374 Å². The Morgan fingerprint density at radius 2 is 1.59 bits per heavy atom. The molecule has 1 saturated heterocycles. The Morgan fingerprint density at radius 1 is 0.952 bits per heavy atom. The molecule has 2 aliphatic rings. The number of rotatable bonds is 18. The summed E-state index contributed by atoms with van der Waals surface area (Å²) in [5.74, 6) is -0.485. The number of hydrogen-bond donors (Lipinski definition) is 6. The van der Waals surface area contributed by atoms with E-state index < -0.39 is 59.3 Å². The maximum atomic E-state index is 13.9. The van der Waals surface area contributed by atoms with Crippen molar-refractivity contribution in [3.8, 4) is 17.6 Å². The van der Waals surface area contributed by atoms with E-state index in [1.54, 1.807) is 75.4 Å². The van der Waals surface area contributed by atoms with Crippen molar-refractivity contribution in [3.63, 3.8) is 0 Å². The number of β-amino-alcohol motifs (C(OH)–C–C–N with tert-alkyl or cyclic N) is 1. The number of halogens is 1. The van der Waals surface area contributed by atoms with Gasteiger partial charge in [0, 0.05) is 54.6 Å². The van der Waals surface area contributed by atoms with Crippen LogP contribution in [0, 0.1) is 27.6 Å². The van der Waals surface area contributed by atoms with Gasteiger partial charge >= 0.3 is 7.12 Å².